The minimum absolute atomic E-state index is 0.520. The van der Waals surface area contributed by atoms with E-state index in [9.17, 15) is 0 Å². The van der Waals surface area contributed by atoms with Crippen LogP contribution in [0.3, 0.4) is 0 Å². The number of hydrogen-bond acceptors (Lipinski definition) is 4. The van der Waals surface area contributed by atoms with E-state index in [1.54, 1.807) is 0 Å². The highest BCUT2D eigenvalue weighted by molar-refractivity contribution is 5.61. The van der Waals surface area contributed by atoms with Gasteiger partial charge in [0.05, 0.1) is 6.61 Å². The van der Waals surface area contributed by atoms with Gasteiger partial charge in [-0.3, -0.25) is 0 Å². The molecule has 1 heterocycles. The standard InChI is InChI=1S/C17H16N2O2/c1-3-20-15-6-4-5-14(11-15)16-18-17(21-19-16)13-9-7-12(2)8-10-13/h4-11H,3H2,1-2H3. The van der Waals surface area contributed by atoms with Gasteiger partial charge in [0.1, 0.15) is 5.75 Å². The molecule has 0 fully saturated rings. The molecule has 0 aliphatic heterocycles. The molecule has 0 saturated heterocycles. The molecule has 0 bridgehead atoms. The molecule has 0 unspecified atom stereocenters. The Kier molecular flexibility index (Phi) is 3.69. The molecule has 0 aliphatic rings. The van der Waals surface area contributed by atoms with Crippen molar-refractivity contribution in [1.82, 2.24) is 10.1 Å². The maximum atomic E-state index is 5.49. The smallest absolute Gasteiger partial charge is 0.258 e. The summed E-state index contributed by atoms with van der Waals surface area (Å²) in [6.45, 7) is 4.63. The molecule has 0 atom stereocenters. The van der Waals surface area contributed by atoms with Crippen molar-refractivity contribution in [1.29, 1.82) is 0 Å². The Bertz CT molecular complexity index is 733. The zero-order chi connectivity index (χ0) is 14.7. The Morgan fingerprint density at radius 2 is 1.86 bits per heavy atom. The molecule has 0 spiro atoms. The summed E-state index contributed by atoms with van der Waals surface area (Å²) in [6.07, 6.45) is 0. The van der Waals surface area contributed by atoms with Gasteiger partial charge in [-0.1, -0.05) is 35.0 Å². The Hall–Kier alpha value is -2.62. The number of rotatable bonds is 4. The van der Waals surface area contributed by atoms with Gasteiger partial charge < -0.3 is 9.26 Å². The second-order valence-electron chi connectivity index (χ2n) is 4.75. The summed E-state index contributed by atoms with van der Waals surface area (Å²) in [7, 11) is 0. The van der Waals surface area contributed by atoms with Crippen LogP contribution in [-0.2, 0) is 0 Å². The van der Waals surface area contributed by atoms with Gasteiger partial charge in [-0.05, 0) is 38.1 Å². The molecule has 2 aromatic carbocycles. The summed E-state index contributed by atoms with van der Waals surface area (Å²) in [5.41, 5.74) is 2.99. The molecular weight excluding hydrogens is 264 g/mol. The SMILES string of the molecule is CCOc1cccc(-c2noc(-c3ccc(C)cc3)n2)c1. The summed E-state index contributed by atoms with van der Waals surface area (Å²) in [6, 6.07) is 15.7. The molecule has 0 aliphatic carbocycles. The van der Waals surface area contributed by atoms with Crippen molar-refractivity contribution in [3.8, 4) is 28.6 Å². The Balaban J connectivity index is 1.91. The molecule has 4 heteroatoms. The molecule has 3 rings (SSSR count). The van der Waals surface area contributed by atoms with E-state index in [-0.39, 0.29) is 0 Å². The first-order valence-corrected chi connectivity index (χ1v) is 6.90. The first-order valence-electron chi connectivity index (χ1n) is 6.90. The van der Waals surface area contributed by atoms with Gasteiger partial charge in [0.25, 0.3) is 5.89 Å². The Labute approximate surface area is 123 Å². The van der Waals surface area contributed by atoms with Crippen molar-refractivity contribution in [2.45, 2.75) is 13.8 Å². The van der Waals surface area contributed by atoms with Crippen LogP contribution >= 0.6 is 0 Å². The largest absolute Gasteiger partial charge is 0.494 e. The second-order valence-corrected chi connectivity index (χ2v) is 4.75. The molecule has 1 aromatic heterocycles. The van der Waals surface area contributed by atoms with Gasteiger partial charge in [0.2, 0.25) is 5.82 Å². The first-order chi connectivity index (χ1) is 10.3. The van der Waals surface area contributed by atoms with Crippen LogP contribution in [0.15, 0.2) is 53.1 Å². The average molecular weight is 280 g/mol. The monoisotopic (exact) mass is 280 g/mol. The summed E-state index contributed by atoms with van der Waals surface area (Å²) in [4.78, 5) is 4.45. The van der Waals surface area contributed by atoms with Crippen LogP contribution in [-0.4, -0.2) is 16.7 Å². The van der Waals surface area contributed by atoms with Crippen LogP contribution in [0.1, 0.15) is 12.5 Å². The third kappa shape index (κ3) is 2.94. The van der Waals surface area contributed by atoms with Gasteiger partial charge in [0.15, 0.2) is 0 Å². The molecule has 0 N–H and O–H groups in total. The van der Waals surface area contributed by atoms with Crippen molar-refractivity contribution in [2.75, 3.05) is 6.61 Å². The average Bonchev–Trinajstić information content (AvgIpc) is 2.98. The molecule has 0 saturated carbocycles. The molecule has 106 valence electrons. The summed E-state index contributed by atoms with van der Waals surface area (Å²) >= 11 is 0. The van der Waals surface area contributed by atoms with E-state index < -0.39 is 0 Å². The lowest BCUT2D eigenvalue weighted by Crippen LogP contribution is -1.91. The fourth-order valence-electron chi connectivity index (χ4n) is 2.05. The van der Waals surface area contributed by atoms with Crippen LogP contribution in [0.25, 0.3) is 22.8 Å². The van der Waals surface area contributed by atoms with Gasteiger partial charge >= 0.3 is 0 Å². The zero-order valence-electron chi connectivity index (χ0n) is 12.0. The van der Waals surface area contributed by atoms with E-state index in [1.807, 2.05) is 62.4 Å². The van der Waals surface area contributed by atoms with Gasteiger partial charge in [-0.15, -0.1) is 0 Å². The number of ether oxygens (including phenoxy) is 1. The quantitative estimate of drug-likeness (QED) is 0.721. The van der Waals surface area contributed by atoms with Crippen LogP contribution in [0, 0.1) is 6.92 Å². The second kappa shape index (κ2) is 5.79. The number of benzene rings is 2. The lowest BCUT2D eigenvalue weighted by atomic mass is 10.1. The maximum Gasteiger partial charge on any atom is 0.258 e. The highest BCUT2D eigenvalue weighted by Crippen LogP contribution is 2.25. The van der Waals surface area contributed by atoms with Crippen molar-refractivity contribution in [3.63, 3.8) is 0 Å². The number of aryl methyl sites for hydroxylation is 1. The topological polar surface area (TPSA) is 48.2 Å². The molecular formula is C17H16N2O2. The predicted octanol–water partition coefficient (Wildman–Crippen LogP) is 4.11. The normalized spacial score (nSPS) is 10.6. The fourth-order valence-corrected chi connectivity index (χ4v) is 2.05. The minimum Gasteiger partial charge on any atom is -0.494 e. The highest BCUT2D eigenvalue weighted by Gasteiger charge is 2.11. The summed E-state index contributed by atoms with van der Waals surface area (Å²) < 4.78 is 10.8. The first kappa shape index (κ1) is 13.4. The lowest BCUT2D eigenvalue weighted by molar-refractivity contribution is 0.340. The number of aromatic nitrogens is 2. The molecule has 0 amide bonds. The molecule has 0 radical (unpaired) electrons. The fraction of sp³-hybridized carbons (Fsp3) is 0.176. The van der Waals surface area contributed by atoms with Crippen molar-refractivity contribution in [2.24, 2.45) is 0 Å². The van der Waals surface area contributed by atoms with Gasteiger partial charge in [-0.25, -0.2) is 0 Å². The van der Waals surface area contributed by atoms with E-state index in [4.69, 9.17) is 9.26 Å². The van der Waals surface area contributed by atoms with Crippen molar-refractivity contribution < 1.29 is 9.26 Å². The van der Waals surface area contributed by atoms with Crippen LogP contribution in [0.4, 0.5) is 0 Å². The Morgan fingerprint density at radius 3 is 2.62 bits per heavy atom. The third-order valence-corrected chi connectivity index (χ3v) is 3.13. The van der Waals surface area contributed by atoms with E-state index in [2.05, 4.69) is 10.1 Å². The zero-order valence-corrected chi connectivity index (χ0v) is 12.0. The third-order valence-electron chi connectivity index (χ3n) is 3.13. The van der Waals surface area contributed by atoms with E-state index in [0.29, 0.717) is 18.3 Å². The molecule has 4 nitrogen and oxygen atoms in total. The summed E-state index contributed by atoms with van der Waals surface area (Å²) in [5, 5.41) is 4.04. The van der Waals surface area contributed by atoms with Crippen LogP contribution in [0.2, 0.25) is 0 Å². The number of nitrogens with zero attached hydrogens (tertiary/aromatic N) is 2. The van der Waals surface area contributed by atoms with Crippen LogP contribution in [0.5, 0.6) is 5.75 Å². The van der Waals surface area contributed by atoms with E-state index >= 15 is 0 Å². The maximum absolute atomic E-state index is 5.49. The van der Waals surface area contributed by atoms with E-state index in [0.717, 1.165) is 16.9 Å². The molecule has 3 aromatic rings. The lowest BCUT2D eigenvalue weighted by Gasteiger charge is -2.02. The van der Waals surface area contributed by atoms with Crippen molar-refractivity contribution >= 4 is 0 Å². The summed E-state index contributed by atoms with van der Waals surface area (Å²) in [5.74, 6) is 1.88. The minimum atomic E-state index is 0.520. The Morgan fingerprint density at radius 1 is 1.05 bits per heavy atom. The van der Waals surface area contributed by atoms with Gasteiger partial charge in [-0.2, -0.15) is 4.98 Å². The molecule has 21 heavy (non-hydrogen) atoms. The van der Waals surface area contributed by atoms with Gasteiger partial charge in [0, 0.05) is 11.1 Å². The van der Waals surface area contributed by atoms with Crippen LogP contribution < -0.4 is 4.74 Å². The van der Waals surface area contributed by atoms with E-state index in [1.165, 1.54) is 5.56 Å². The highest BCUT2D eigenvalue weighted by atomic mass is 16.5. The number of hydrogen-bond donors (Lipinski definition) is 0. The van der Waals surface area contributed by atoms with Crippen molar-refractivity contribution in [3.05, 3.63) is 54.1 Å². The predicted molar refractivity (Wildman–Crippen MR) is 81.1 cm³/mol.